The van der Waals surface area contributed by atoms with Crippen LogP contribution >= 0.6 is 35.3 Å². The van der Waals surface area contributed by atoms with Crippen LogP contribution in [0.15, 0.2) is 28.3 Å². The van der Waals surface area contributed by atoms with Gasteiger partial charge in [0.1, 0.15) is 4.71 Å². The van der Waals surface area contributed by atoms with E-state index in [9.17, 15) is 9.59 Å². The first-order chi connectivity index (χ1) is 21.8. The molecule has 46 heavy (non-hydrogen) atoms. The molecule has 1 aliphatic heterocycles. The van der Waals surface area contributed by atoms with Gasteiger partial charge in [0, 0.05) is 28.6 Å². The number of carbonyl (C=O) groups is 2. The van der Waals surface area contributed by atoms with Crippen LogP contribution in [-0.4, -0.2) is 28.2 Å². The van der Waals surface area contributed by atoms with Crippen molar-refractivity contribution in [3.05, 3.63) is 44.5 Å². The van der Waals surface area contributed by atoms with Crippen LogP contribution < -0.4 is 26.4 Å². The molecule has 1 aliphatic rings. The highest BCUT2D eigenvalue weighted by Gasteiger charge is 2.23. The first-order valence-electron chi connectivity index (χ1n) is 16.7. The second kappa shape index (κ2) is 21.0. The Bertz CT molecular complexity index is 1310. The lowest BCUT2D eigenvalue weighted by Gasteiger charge is -2.16. The van der Waals surface area contributed by atoms with E-state index >= 15 is 0 Å². The van der Waals surface area contributed by atoms with Crippen molar-refractivity contribution < 1.29 is 19.1 Å². The van der Waals surface area contributed by atoms with Crippen LogP contribution in [0.5, 0.6) is 5.75 Å². The molecule has 2 rings (SSSR count). The number of thioether (sulfide) groups is 3. The highest BCUT2D eigenvalue weighted by Crippen LogP contribution is 2.42. The molecule has 0 amide bonds. The molecule has 1 aromatic heterocycles. The Morgan fingerprint density at radius 2 is 1.67 bits per heavy atom. The predicted octanol–water partition coefficient (Wildman–Crippen LogP) is 8.48. The van der Waals surface area contributed by atoms with Crippen molar-refractivity contribution in [1.82, 2.24) is 10.3 Å². The minimum absolute atomic E-state index is 0.0115. The standard InChI is InChI=1S/C36H57N3O4S3/c1-23(2)12-10-14-25(5)16-17-31(40)43-30-20-27(7)32(35(44-28(8)21-37)46-36-38-22-29(9)45-36)39-33(30)34(41)42-19-18-26(6)15-11-13-24(3)4/h20-26,36,38H,7,10-19,37H2,1-6,8-9H3/b28-21-,35-32+. The van der Waals surface area contributed by atoms with Crippen molar-refractivity contribution in [3.63, 3.8) is 0 Å². The number of allylic oxidation sites excluding steroid dienone is 2. The minimum atomic E-state index is -0.605. The minimum Gasteiger partial charge on any atom is -0.461 e. The van der Waals surface area contributed by atoms with Crippen LogP contribution in [0, 0.1) is 23.7 Å². The van der Waals surface area contributed by atoms with Gasteiger partial charge in [-0.05, 0) is 61.6 Å². The largest absolute Gasteiger partial charge is 0.461 e. The zero-order valence-corrected chi connectivity index (χ0v) is 31.7. The molecule has 2 heterocycles. The van der Waals surface area contributed by atoms with Crippen molar-refractivity contribution in [3.8, 4) is 5.75 Å². The average molecular weight is 692 g/mol. The number of nitrogens with two attached hydrogens (primary N) is 1. The van der Waals surface area contributed by atoms with Gasteiger partial charge in [-0.2, -0.15) is 0 Å². The number of hydrogen-bond donors (Lipinski definition) is 2. The molecule has 0 radical (unpaired) electrons. The summed E-state index contributed by atoms with van der Waals surface area (Å²) in [5.74, 6) is 1.30. The third-order valence-electron chi connectivity index (χ3n) is 7.74. The summed E-state index contributed by atoms with van der Waals surface area (Å²) in [4.78, 5) is 33.4. The zero-order valence-electron chi connectivity index (χ0n) is 29.3. The number of pyridine rings is 1. The Labute approximate surface area is 290 Å². The molecule has 3 atom stereocenters. The monoisotopic (exact) mass is 691 g/mol. The smallest absolute Gasteiger partial charge is 0.360 e. The van der Waals surface area contributed by atoms with Gasteiger partial charge < -0.3 is 20.5 Å². The van der Waals surface area contributed by atoms with Gasteiger partial charge in [0.2, 0.25) is 0 Å². The highest BCUT2D eigenvalue weighted by atomic mass is 32.2. The second-order valence-electron chi connectivity index (χ2n) is 13.3. The number of nitrogens with one attached hydrogen (secondary N) is 1. The van der Waals surface area contributed by atoms with E-state index in [0.29, 0.717) is 34.2 Å². The maximum absolute atomic E-state index is 13.5. The molecule has 3 unspecified atom stereocenters. The Morgan fingerprint density at radius 3 is 2.24 bits per heavy atom. The fourth-order valence-electron chi connectivity index (χ4n) is 4.82. The lowest BCUT2D eigenvalue weighted by molar-refractivity contribution is -0.134. The lowest BCUT2D eigenvalue weighted by atomic mass is 9.96. The number of aromatic nitrogens is 1. The normalized spacial score (nSPS) is 17.0. The number of carbonyl (C=O) groups excluding carboxylic acids is 2. The maximum atomic E-state index is 13.5. The molecule has 0 aliphatic carbocycles. The Kier molecular flexibility index (Phi) is 18.4. The van der Waals surface area contributed by atoms with Crippen LogP contribution in [0.3, 0.4) is 0 Å². The van der Waals surface area contributed by atoms with Gasteiger partial charge in [-0.3, -0.25) is 4.79 Å². The second-order valence-corrected chi connectivity index (χ2v) is 17.6. The summed E-state index contributed by atoms with van der Waals surface area (Å²) in [6.45, 7) is 21.8. The molecule has 0 bridgehead atoms. The van der Waals surface area contributed by atoms with Gasteiger partial charge in [0.05, 0.1) is 16.2 Å². The molecule has 258 valence electrons. The Hall–Kier alpha value is -2.04. The molecule has 0 saturated heterocycles. The first-order valence-corrected chi connectivity index (χ1v) is 19.3. The van der Waals surface area contributed by atoms with Crippen molar-refractivity contribution in [2.45, 2.75) is 118 Å². The fraction of sp³-hybridized carbons (Fsp3) is 0.639. The summed E-state index contributed by atoms with van der Waals surface area (Å²) >= 11 is 4.75. The summed E-state index contributed by atoms with van der Waals surface area (Å²) in [7, 11) is 0. The summed E-state index contributed by atoms with van der Waals surface area (Å²) in [5.41, 5.74) is 5.82. The summed E-state index contributed by atoms with van der Waals surface area (Å²) in [6, 6.07) is 1.64. The molecule has 0 aromatic carbocycles. The molecule has 1 aromatic rings. The van der Waals surface area contributed by atoms with E-state index in [1.165, 1.54) is 29.5 Å². The average Bonchev–Trinajstić information content (AvgIpc) is 3.39. The summed E-state index contributed by atoms with van der Waals surface area (Å²) < 4.78 is 12.4. The fourth-order valence-corrected chi connectivity index (χ4v) is 8.67. The van der Waals surface area contributed by atoms with Crippen LogP contribution in [0.4, 0.5) is 0 Å². The molecule has 0 fully saturated rings. The van der Waals surface area contributed by atoms with E-state index in [1.807, 2.05) is 13.1 Å². The topological polar surface area (TPSA) is 104 Å². The van der Waals surface area contributed by atoms with Crippen molar-refractivity contribution in [2.24, 2.45) is 29.4 Å². The SMILES string of the molecule is C=c1cc(OC(=O)CCC(C)CCCC(C)C)c(C(=O)OCCC(C)CCCC(C)C)n/c1=C(\S/C(C)=C\N)SC1NC=C(C)S1. The van der Waals surface area contributed by atoms with Gasteiger partial charge in [0.25, 0.3) is 0 Å². The number of nitrogens with zero attached hydrogens (tertiary/aromatic N) is 1. The van der Waals surface area contributed by atoms with E-state index in [2.05, 4.69) is 60.4 Å². The molecule has 0 saturated carbocycles. The number of hydrogen-bond acceptors (Lipinski definition) is 10. The third-order valence-corrected chi connectivity index (χ3v) is 11.3. The third kappa shape index (κ3) is 15.2. The quantitative estimate of drug-likeness (QED) is 0.129. The van der Waals surface area contributed by atoms with Gasteiger partial charge >= 0.3 is 11.9 Å². The Morgan fingerprint density at radius 1 is 1.04 bits per heavy atom. The van der Waals surface area contributed by atoms with Gasteiger partial charge in [-0.25, -0.2) is 9.78 Å². The van der Waals surface area contributed by atoms with Crippen LogP contribution in [0.25, 0.3) is 10.8 Å². The van der Waals surface area contributed by atoms with Crippen molar-refractivity contribution in [1.29, 1.82) is 0 Å². The lowest BCUT2D eigenvalue weighted by Crippen LogP contribution is -2.33. The van der Waals surface area contributed by atoms with Crippen molar-refractivity contribution >= 4 is 58.0 Å². The number of rotatable bonds is 20. The number of ether oxygens (including phenoxy) is 2. The molecule has 7 nitrogen and oxygen atoms in total. The molecular formula is C36H57N3O4S3. The maximum Gasteiger partial charge on any atom is 0.360 e. The van der Waals surface area contributed by atoms with E-state index < -0.39 is 5.97 Å². The molecule has 10 heteroatoms. The van der Waals surface area contributed by atoms with Crippen molar-refractivity contribution in [2.75, 3.05) is 6.61 Å². The summed E-state index contributed by atoms with van der Waals surface area (Å²) in [6.07, 6.45) is 12.1. The van der Waals surface area contributed by atoms with E-state index in [1.54, 1.807) is 35.8 Å². The van der Waals surface area contributed by atoms with E-state index in [4.69, 9.17) is 20.2 Å². The van der Waals surface area contributed by atoms with Gasteiger partial charge in [0.15, 0.2) is 11.4 Å². The number of esters is 2. The molecule has 0 spiro atoms. The van der Waals surface area contributed by atoms with Crippen LogP contribution in [-0.2, 0) is 9.53 Å². The first kappa shape index (κ1) is 40.1. The van der Waals surface area contributed by atoms with E-state index in [-0.39, 0.29) is 35.1 Å². The Balaban J connectivity index is 2.33. The highest BCUT2D eigenvalue weighted by molar-refractivity contribution is 8.35. The van der Waals surface area contributed by atoms with Crippen LogP contribution in [0.2, 0.25) is 0 Å². The molecule has 3 N–H and O–H groups in total. The predicted molar refractivity (Wildman–Crippen MR) is 199 cm³/mol. The summed E-state index contributed by atoms with van der Waals surface area (Å²) in [5, 5.41) is 4.45. The van der Waals surface area contributed by atoms with Crippen LogP contribution in [0.1, 0.15) is 124 Å². The van der Waals surface area contributed by atoms with Gasteiger partial charge in [-0.15, -0.1) is 0 Å². The van der Waals surface area contributed by atoms with Gasteiger partial charge in [-0.1, -0.05) is 122 Å². The van der Waals surface area contributed by atoms with E-state index in [0.717, 1.165) is 47.7 Å². The molecular weight excluding hydrogens is 635 g/mol. The zero-order chi connectivity index (χ0) is 34.2.